The number of rotatable bonds is 9. The van der Waals surface area contributed by atoms with Crippen LogP contribution in [0.5, 0.6) is 5.75 Å². The molecule has 1 aliphatic rings. The van der Waals surface area contributed by atoms with E-state index >= 15 is 0 Å². The second-order valence-corrected chi connectivity index (χ2v) is 5.49. The van der Waals surface area contributed by atoms with Gasteiger partial charge in [-0.25, -0.2) is 0 Å². The molecule has 1 fully saturated rings. The molecule has 1 aromatic rings. The zero-order valence-electron chi connectivity index (χ0n) is 13.4. The molecule has 0 spiro atoms. The zero-order chi connectivity index (χ0) is 15.1. The molecule has 4 nitrogen and oxygen atoms in total. The third-order valence-electron chi connectivity index (χ3n) is 4.32. The van der Waals surface area contributed by atoms with Gasteiger partial charge < -0.3 is 19.5 Å². The van der Waals surface area contributed by atoms with Gasteiger partial charge in [-0.3, -0.25) is 0 Å². The topological polar surface area (TPSA) is 39.7 Å². The number of para-hydroxylation sites is 1. The number of nitrogens with one attached hydrogen (secondary N) is 1. The van der Waals surface area contributed by atoms with Crippen LogP contribution >= 0.6 is 0 Å². The maximum Gasteiger partial charge on any atom is 0.124 e. The lowest BCUT2D eigenvalue weighted by atomic mass is 9.72. The first-order valence-electron chi connectivity index (χ1n) is 7.76. The van der Waals surface area contributed by atoms with Crippen LogP contribution < -0.4 is 10.1 Å². The molecular weight excluding hydrogens is 266 g/mol. The quantitative estimate of drug-likeness (QED) is 0.711. The van der Waals surface area contributed by atoms with Gasteiger partial charge in [0.2, 0.25) is 0 Å². The fraction of sp³-hybridized carbons (Fsp3) is 0.647. The molecule has 118 valence electrons. The molecule has 1 atom stereocenters. The Bertz CT molecular complexity index is 426. The Morgan fingerprint density at radius 1 is 1.19 bits per heavy atom. The highest BCUT2D eigenvalue weighted by Crippen LogP contribution is 2.46. The van der Waals surface area contributed by atoms with Crippen molar-refractivity contribution >= 4 is 0 Å². The molecular formula is C17H27NO3. The van der Waals surface area contributed by atoms with Crippen LogP contribution in [0.15, 0.2) is 24.3 Å². The largest absolute Gasteiger partial charge is 0.491 e. The average Bonchev–Trinajstić information content (AvgIpc) is 2.47. The molecule has 0 saturated heterocycles. The van der Waals surface area contributed by atoms with Crippen LogP contribution in [0.25, 0.3) is 0 Å². The molecule has 1 saturated carbocycles. The van der Waals surface area contributed by atoms with E-state index in [1.165, 1.54) is 12.0 Å². The summed E-state index contributed by atoms with van der Waals surface area (Å²) < 4.78 is 16.8. The summed E-state index contributed by atoms with van der Waals surface area (Å²) in [5, 5.41) is 3.59. The van der Waals surface area contributed by atoms with E-state index in [-0.39, 0.29) is 11.6 Å². The lowest BCUT2D eigenvalue weighted by Crippen LogP contribution is -2.50. The van der Waals surface area contributed by atoms with Gasteiger partial charge in [0.25, 0.3) is 0 Å². The number of ether oxygens (including phenoxy) is 3. The Labute approximate surface area is 127 Å². The molecule has 0 aliphatic heterocycles. The summed E-state index contributed by atoms with van der Waals surface area (Å²) in [6.45, 7) is 4.19. The normalized spacial score (nSPS) is 18.0. The molecule has 21 heavy (non-hydrogen) atoms. The zero-order valence-corrected chi connectivity index (χ0v) is 13.4. The van der Waals surface area contributed by atoms with Crippen LogP contribution in [0, 0.1) is 0 Å². The maximum absolute atomic E-state index is 5.89. The molecule has 0 radical (unpaired) electrons. The Kier molecular flexibility index (Phi) is 6.03. The number of methoxy groups -OCH3 is 2. The summed E-state index contributed by atoms with van der Waals surface area (Å²) in [4.78, 5) is 0. The van der Waals surface area contributed by atoms with Crippen LogP contribution in [-0.2, 0) is 9.47 Å². The highest BCUT2D eigenvalue weighted by Gasteiger charge is 2.45. The van der Waals surface area contributed by atoms with E-state index in [1.807, 2.05) is 19.2 Å². The van der Waals surface area contributed by atoms with Gasteiger partial charge in [-0.05, 0) is 31.9 Å². The second kappa shape index (κ2) is 7.78. The van der Waals surface area contributed by atoms with E-state index in [1.54, 1.807) is 7.11 Å². The molecule has 1 aromatic carbocycles. The summed E-state index contributed by atoms with van der Waals surface area (Å²) >= 11 is 0. The smallest absolute Gasteiger partial charge is 0.124 e. The highest BCUT2D eigenvalue weighted by molar-refractivity contribution is 5.38. The van der Waals surface area contributed by atoms with E-state index < -0.39 is 0 Å². The molecule has 1 N–H and O–H groups in total. The van der Waals surface area contributed by atoms with E-state index in [2.05, 4.69) is 24.4 Å². The fourth-order valence-corrected chi connectivity index (χ4v) is 3.00. The van der Waals surface area contributed by atoms with Crippen molar-refractivity contribution in [2.45, 2.75) is 37.8 Å². The molecule has 4 heteroatoms. The highest BCUT2D eigenvalue weighted by atomic mass is 16.5. The second-order valence-electron chi connectivity index (χ2n) is 5.49. The summed E-state index contributed by atoms with van der Waals surface area (Å²) in [5.41, 5.74) is 1.08. The van der Waals surface area contributed by atoms with Crippen molar-refractivity contribution in [1.29, 1.82) is 0 Å². The first-order valence-corrected chi connectivity index (χ1v) is 7.76. The SMILES string of the molecule is CCNC(c1ccccc1OCCOC)C1(OC)CCC1. The van der Waals surface area contributed by atoms with E-state index in [0.29, 0.717) is 13.2 Å². The van der Waals surface area contributed by atoms with Crippen LogP contribution in [0.1, 0.15) is 37.8 Å². The Balaban J connectivity index is 2.23. The Morgan fingerprint density at radius 2 is 1.95 bits per heavy atom. The van der Waals surface area contributed by atoms with Crippen molar-refractivity contribution in [3.63, 3.8) is 0 Å². The lowest BCUT2D eigenvalue weighted by molar-refractivity contribution is -0.0999. The Morgan fingerprint density at radius 3 is 2.52 bits per heavy atom. The minimum absolute atomic E-state index is 0.100. The van der Waals surface area contributed by atoms with Gasteiger partial charge in [0.15, 0.2) is 0 Å². The number of likely N-dealkylation sites (N-methyl/N-ethyl adjacent to an activating group) is 1. The van der Waals surface area contributed by atoms with E-state index in [9.17, 15) is 0 Å². The minimum atomic E-state index is -0.100. The minimum Gasteiger partial charge on any atom is -0.491 e. The monoisotopic (exact) mass is 293 g/mol. The van der Waals surface area contributed by atoms with Crippen molar-refractivity contribution in [2.24, 2.45) is 0 Å². The van der Waals surface area contributed by atoms with Crippen molar-refractivity contribution in [2.75, 3.05) is 34.0 Å². The molecule has 0 heterocycles. The predicted octanol–water partition coefficient (Wildman–Crippen LogP) is 2.93. The fourth-order valence-electron chi connectivity index (χ4n) is 3.00. The van der Waals surface area contributed by atoms with Crippen molar-refractivity contribution in [1.82, 2.24) is 5.32 Å². The van der Waals surface area contributed by atoms with E-state index in [4.69, 9.17) is 14.2 Å². The summed E-state index contributed by atoms with van der Waals surface area (Å²) in [6.07, 6.45) is 3.41. The molecule has 1 aliphatic carbocycles. The molecule has 1 unspecified atom stereocenters. The lowest BCUT2D eigenvalue weighted by Gasteiger charge is -2.47. The van der Waals surface area contributed by atoms with Crippen LogP contribution in [0.4, 0.5) is 0 Å². The molecule has 0 aromatic heterocycles. The summed E-state index contributed by atoms with van der Waals surface area (Å²) in [6, 6.07) is 8.39. The average molecular weight is 293 g/mol. The van der Waals surface area contributed by atoms with Crippen molar-refractivity contribution in [3.05, 3.63) is 29.8 Å². The van der Waals surface area contributed by atoms with Gasteiger partial charge in [-0.15, -0.1) is 0 Å². The number of benzene rings is 1. The molecule has 0 bridgehead atoms. The van der Waals surface area contributed by atoms with Gasteiger partial charge in [-0.2, -0.15) is 0 Å². The van der Waals surface area contributed by atoms with Crippen molar-refractivity contribution < 1.29 is 14.2 Å². The van der Waals surface area contributed by atoms with Crippen LogP contribution in [0.2, 0.25) is 0 Å². The van der Waals surface area contributed by atoms with Crippen LogP contribution in [0.3, 0.4) is 0 Å². The van der Waals surface area contributed by atoms with Gasteiger partial charge in [0.1, 0.15) is 12.4 Å². The van der Waals surface area contributed by atoms with Gasteiger partial charge in [-0.1, -0.05) is 25.1 Å². The van der Waals surface area contributed by atoms with Gasteiger partial charge >= 0.3 is 0 Å². The van der Waals surface area contributed by atoms with Crippen molar-refractivity contribution in [3.8, 4) is 5.75 Å². The molecule has 0 amide bonds. The summed E-state index contributed by atoms with van der Waals surface area (Å²) in [5.74, 6) is 0.920. The van der Waals surface area contributed by atoms with Gasteiger partial charge in [0.05, 0.1) is 18.2 Å². The van der Waals surface area contributed by atoms with Gasteiger partial charge in [0, 0.05) is 19.8 Å². The predicted molar refractivity (Wildman–Crippen MR) is 83.8 cm³/mol. The maximum atomic E-state index is 5.89. The third kappa shape index (κ3) is 3.57. The third-order valence-corrected chi connectivity index (χ3v) is 4.32. The first kappa shape index (κ1) is 16.3. The standard InChI is InChI=1S/C17H27NO3/c1-4-18-16(17(20-3)10-7-11-17)14-8-5-6-9-15(14)21-13-12-19-2/h5-6,8-9,16,18H,4,7,10-13H2,1-3H3. The summed E-state index contributed by atoms with van der Waals surface area (Å²) in [7, 11) is 3.50. The first-order chi connectivity index (χ1) is 10.3. The number of hydrogen-bond acceptors (Lipinski definition) is 4. The van der Waals surface area contributed by atoms with Crippen LogP contribution in [-0.4, -0.2) is 39.6 Å². The number of hydrogen-bond donors (Lipinski definition) is 1. The molecule has 2 rings (SSSR count). The Hall–Kier alpha value is -1.10. The van der Waals surface area contributed by atoms with E-state index in [0.717, 1.165) is 25.1 Å².